The number of aryl methyl sites for hydroxylation is 1. The van der Waals surface area contributed by atoms with E-state index in [4.69, 9.17) is 4.42 Å². The molecular weight excluding hydrogens is 458 g/mol. The Labute approximate surface area is 200 Å². The fourth-order valence-electron chi connectivity index (χ4n) is 4.16. The minimum atomic E-state index is -3.49. The second-order valence-corrected chi connectivity index (χ2v) is 11.4. The maximum atomic E-state index is 13.1. The number of ketones is 1. The van der Waals surface area contributed by atoms with Crippen molar-refractivity contribution in [3.05, 3.63) is 35.6 Å². The minimum absolute atomic E-state index is 0.0823. The van der Waals surface area contributed by atoms with Crippen molar-refractivity contribution in [2.75, 3.05) is 18.8 Å². The summed E-state index contributed by atoms with van der Waals surface area (Å²) in [6.07, 6.45) is 1.16. The van der Waals surface area contributed by atoms with E-state index in [2.05, 4.69) is 10.6 Å². The lowest BCUT2D eigenvalue weighted by atomic mass is 10.0. The monoisotopic (exact) mass is 491 g/mol. The van der Waals surface area contributed by atoms with Gasteiger partial charge in [0.25, 0.3) is 5.91 Å². The Morgan fingerprint density at radius 1 is 1.24 bits per heavy atom. The summed E-state index contributed by atoms with van der Waals surface area (Å²) in [6.45, 7) is 7.17. The van der Waals surface area contributed by atoms with E-state index in [9.17, 15) is 22.8 Å². The number of nitrogens with one attached hydrogen (secondary N) is 2. The largest absolute Gasteiger partial charge is 0.451 e. The van der Waals surface area contributed by atoms with E-state index >= 15 is 0 Å². The number of benzene rings is 1. The van der Waals surface area contributed by atoms with Crippen LogP contribution in [0.2, 0.25) is 0 Å². The van der Waals surface area contributed by atoms with Gasteiger partial charge in [-0.1, -0.05) is 32.0 Å². The van der Waals surface area contributed by atoms with Gasteiger partial charge in [-0.3, -0.25) is 14.4 Å². The number of nitrogens with zero attached hydrogens (tertiary/aromatic N) is 1. The van der Waals surface area contributed by atoms with Crippen molar-refractivity contribution in [1.82, 2.24) is 14.9 Å². The van der Waals surface area contributed by atoms with E-state index in [0.717, 1.165) is 5.39 Å². The third kappa shape index (κ3) is 5.85. The van der Waals surface area contributed by atoms with Crippen molar-refractivity contribution >= 4 is 38.6 Å². The first-order valence-electron chi connectivity index (χ1n) is 11.6. The van der Waals surface area contributed by atoms with Crippen molar-refractivity contribution in [1.29, 1.82) is 0 Å². The number of para-hydroxylation sites is 1. The number of fused-ring (bicyclic) bond motifs is 1. The van der Waals surface area contributed by atoms with Gasteiger partial charge in [0.15, 0.2) is 11.5 Å². The normalized spacial score (nSPS) is 18.6. The van der Waals surface area contributed by atoms with Crippen molar-refractivity contribution in [3.8, 4) is 0 Å². The molecule has 0 saturated carbocycles. The summed E-state index contributed by atoms with van der Waals surface area (Å²) in [5, 5.41) is 6.34. The lowest BCUT2D eigenvalue weighted by molar-refractivity contribution is -0.129. The van der Waals surface area contributed by atoms with Gasteiger partial charge >= 0.3 is 0 Å². The molecule has 3 rings (SSSR count). The standard InChI is InChI=1S/C24H33N3O6S/c1-5-34(31,32)27-12-8-10-18(20(28)14-27)25-23(29)19(13-15(2)3)26-24(30)22-16(4)17-9-6-7-11-21(17)33-22/h6-7,9,11,15,18-19H,5,8,10,12-14H2,1-4H3,(H,25,29)(H,26,30)/t18-,19?/m0/s1. The fourth-order valence-corrected chi connectivity index (χ4v) is 5.25. The molecule has 0 radical (unpaired) electrons. The first-order chi connectivity index (χ1) is 16.0. The highest BCUT2D eigenvalue weighted by Crippen LogP contribution is 2.25. The Morgan fingerprint density at radius 3 is 2.59 bits per heavy atom. The number of rotatable bonds is 8. The summed E-state index contributed by atoms with van der Waals surface area (Å²) in [5.74, 6) is -1.16. The predicted octanol–water partition coefficient (Wildman–Crippen LogP) is 2.39. The molecule has 186 valence electrons. The van der Waals surface area contributed by atoms with Gasteiger partial charge in [-0.2, -0.15) is 4.31 Å². The zero-order chi connectivity index (χ0) is 25.0. The molecule has 2 atom stereocenters. The average molecular weight is 492 g/mol. The van der Waals surface area contributed by atoms with Gasteiger partial charge in [-0.15, -0.1) is 0 Å². The molecule has 2 aromatic rings. The average Bonchev–Trinajstić information content (AvgIpc) is 3.01. The fraction of sp³-hybridized carbons (Fsp3) is 0.542. The van der Waals surface area contributed by atoms with Gasteiger partial charge in [0.05, 0.1) is 18.3 Å². The topological polar surface area (TPSA) is 126 Å². The lowest BCUT2D eigenvalue weighted by Crippen LogP contribution is -2.52. The second kappa shape index (κ2) is 10.7. The maximum absolute atomic E-state index is 13.1. The number of amides is 2. The van der Waals surface area contributed by atoms with Crippen molar-refractivity contribution in [2.24, 2.45) is 5.92 Å². The van der Waals surface area contributed by atoms with Crippen molar-refractivity contribution in [2.45, 2.75) is 59.0 Å². The summed E-state index contributed by atoms with van der Waals surface area (Å²) in [5.41, 5.74) is 1.28. The van der Waals surface area contributed by atoms with Crippen LogP contribution in [0.1, 0.15) is 56.2 Å². The molecule has 2 N–H and O–H groups in total. The zero-order valence-corrected chi connectivity index (χ0v) is 20.9. The van der Waals surface area contributed by atoms with Crippen LogP contribution >= 0.6 is 0 Å². The smallest absolute Gasteiger partial charge is 0.287 e. The molecule has 1 aliphatic rings. The highest BCUT2D eigenvalue weighted by Gasteiger charge is 2.33. The van der Waals surface area contributed by atoms with E-state index in [1.165, 1.54) is 11.2 Å². The van der Waals surface area contributed by atoms with Crippen LogP contribution in [0, 0.1) is 12.8 Å². The summed E-state index contributed by atoms with van der Waals surface area (Å²) >= 11 is 0. The first-order valence-corrected chi connectivity index (χ1v) is 13.2. The van der Waals surface area contributed by atoms with Gasteiger partial charge in [-0.05, 0) is 45.1 Å². The van der Waals surface area contributed by atoms with E-state index in [-0.39, 0.29) is 36.3 Å². The molecule has 9 nitrogen and oxygen atoms in total. The SMILES string of the molecule is CCS(=O)(=O)N1CCC[C@H](NC(=O)C(CC(C)C)NC(=O)c2oc3ccccc3c2C)C(=O)C1. The summed E-state index contributed by atoms with van der Waals surface area (Å²) in [7, 11) is -3.49. The molecular formula is C24H33N3O6S. The quantitative estimate of drug-likeness (QED) is 0.584. The van der Waals surface area contributed by atoms with Gasteiger partial charge in [-0.25, -0.2) is 8.42 Å². The van der Waals surface area contributed by atoms with Crippen molar-refractivity contribution < 1.29 is 27.2 Å². The highest BCUT2D eigenvalue weighted by molar-refractivity contribution is 7.89. The van der Waals surface area contributed by atoms with Crippen LogP contribution in [0.5, 0.6) is 0 Å². The summed E-state index contributed by atoms with van der Waals surface area (Å²) in [4.78, 5) is 38.9. The Balaban J connectivity index is 1.73. The van der Waals surface area contributed by atoms with Crippen LogP contribution in [0.15, 0.2) is 28.7 Å². The van der Waals surface area contributed by atoms with Gasteiger partial charge in [0, 0.05) is 17.5 Å². The molecule has 1 saturated heterocycles. The predicted molar refractivity (Wildman–Crippen MR) is 129 cm³/mol. The number of sulfonamides is 1. The van der Waals surface area contributed by atoms with Gasteiger partial charge in [0.1, 0.15) is 11.6 Å². The number of Topliss-reactive ketones (excluding diaryl/α,β-unsaturated/α-hetero) is 1. The molecule has 1 aromatic heterocycles. The number of furan rings is 1. The number of hydrogen-bond acceptors (Lipinski definition) is 6. The number of carbonyl (C=O) groups is 3. The molecule has 0 spiro atoms. The van der Waals surface area contributed by atoms with Crippen molar-refractivity contribution in [3.63, 3.8) is 0 Å². The van der Waals surface area contributed by atoms with Gasteiger partial charge < -0.3 is 15.1 Å². The van der Waals surface area contributed by atoms with Gasteiger partial charge in [0.2, 0.25) is 15.9 Å². The van der Waals surface area contributed by atoms with Crippen LogP contribution in [0.25, 0.3) is 11.0 Å². The molecule has 2 amide bonds. The Hall–Kier alpha value is -2.72. The van der Waals surface area contributed by atoms with Crippen LogP contribution in [-0.2, 0) is 19.6 Å². The minimum Gasteiger partial charge on any atom is -0.451 e. The highest BCUT2D eigenvalue weighted by atomic mass is 32.2. The Bertz CT molecular complexity index is 1170. The van der Waals surface area contributed by atoms with Crippen LogP contribution in [0.4, 0.5) is 0 Å². The molecule has 34 heavy (non-hydrogen) atoms. The van der Waals surface area contributed by atoms with Crippen LogP contribution in [-0.4, -0.2) is 61.2 Å². The van der Waals surface area contributed by atoms with Crippen LogP contribution < -0.4 is 10.6 Å². The Kier molecular flexibility index (Phi) is 8.14. The lowest BCUT2D eigenvalue weighted by Gasteiger charge is -2.23. The summed E-state index contributed by atoms with van der Waals surface area (Å²) in [6, 6.07) is 5.65. The molecule has 1 aliphatic heterocycles. The molecule has 0 bridgehead atoms. The zero-order valence-electron chi connectivity index (χ0n) is 20.1. The number of carbonyl (C=O) groups excluding carboxylic acids is 3. The molecule has 1 unspecified atom stereocenters. The van der Waals surface area contributed by atoms with Crippen LogP contribution in [0.3, 0.4) is 0 Å². The van der Waals surface area contributed by atoms with E-state index in [1.807, 2.05) is 32.0 Å². The third-order valence-corrected chi connectivity index (χ3v) is 7.90. The molecule has 1 fully saturated rings. The summed E-state index contributed by atoms with van der Waals surface area (Å²) < 4.78 is 31.3. The molecule has 10 heteroatoms. The molecule has 1 aromatic carbocycles. The van der Waals surface area contributed by atoms with E-state index in [1.54, 1.807) is 13.0 Å². The van der Waals surface area contributed by atoms with E-state index < -0.39 is 33.9 Å². The number of hydrogen-bond donors (Lipinski definition) is 2. The first kappa shape index (κ1) is 25.9. The second-order valence-electron chi connectivity index (χ2n) is 9.11. The third-order valence-electron chi connectivity index (χ3n) is 6.07. The van der Waals surface area contributed by atoms with E-state index in [0.29, 0.717) is 30.4 Å². The Morgan fingerprint density at radius 2 is 1.94 bits per heavy atom. The molecule has 2 heterocycles. The molecule has 0 aliphatic carbocycles. The maximum Gasteiger partial charge on any atom is 0.287 e.